The first-order valence-electron chi connectivity index (χ1n) is 8.60. The van der Waals surface area contributed by atoms with Crippen LogP contribution in [0, 0.1) is 0 Å². The number of thioether (sulfide) groups is 1. The van der Waals surface area contributed by atoms with E-state index in [0.717, 1.165) is 36.0 Å². The minimum atomic E-state index is -0.462. The number of nitrogens with two attached hydrogens (primary N) is 1. The van der Waals surface area contributed by atoms with Crippen molar-refractivity contribution in [1.82, 2.24) is 10.3 Å². The Labute approximate surface area is 149 Å². The number of anilines is 1. The molecule has 3 aliphatic heterocycles. The normalized spacial score (nSPS) is 25.6. The third kappa shape index (κ3) is 2.60. The Bertz CT molecular complexity index is 881. The molecule has 8 heteroatoms. The molecule has 2 unspecified atom stereocenters. The highest BCUT2D eigenvalue weighted by Gasteiger charge is 2.34. The SMILES string of the molecule is NC(=O)c1cc(C2=NCCS2)c2oc(N3CC4CCC(C3)N4)nc2c1. The van der Waals surface area contributed by atoms with Gasteiger partial charge in [0.05, 0.1) is 5.56 Å². The van der Waals surface area contributed by atoms with Gasteiger partial charge in [0.2, 0.25) is 5.91 Å². The Morgan fingerprint density at radius 3 is 2.80 bits per heavy atom. The molecule has 1 aromatic carbocycles. The molecule has 0 saturated carbocycles. The van der Waals surface area contributed by atoms with E-state index in [2.05, 4.69) is 20.2 Å². The van der Waals surface area contributed by atoms with E-state index in [4.69, 9.17) is 10.2 Å². The number of hydrogen-bond acceptors (Lipinski definition) is 7. The number of oxazole rings is 1. The monoisotopic (exact) mass is 357 g/mol. The summed E-state index contributed by atoms with van der Waals surface area (Å²) >= 11 is 1.67. The molecule has 2 bridgehead atoms. The Hall–Kier alpha value is -2.06. The van der Waals surface area contributed by atoms with E-state index in [0.29, 0.717) is 34.8 Å². The van der Waals surface area contributed by atoms with Crippen LogP contribution >= 0.6 is 11.8 Å². The lowest BCUT2D eigenvalue weighted by atomic mass is 10.1. The first-order valence-corrected chi connectivity index (χ1v) is 9.59. The van der Waals surface area contributed by atoms with Crippen LogP contribution in [-0.4, -0.2) is 53.4 Å². The maximum Gasteiger partial charge on any atom is 0.298 e. The van der Waals surface area contributed by atoms with Gasteiger partial charge >= 0.3 is 0 Å². The van der Waals surface area contributed by atoms with Gasteiger partial charge in [-0.3, -0.25) is 9.79 Å². The zero-order valence-corrected chi connectivity index (χ0v) is 14.5. The average molecular weight is 357 g/mol. The highest BCUT2D eigenvalue weighted by molar-refractivity contribution is 8.14. The number of primary amides is 1. The molecule has 2 aromatic rings. The molecule has 0 radical (unpaired) electrons. The summed E-state index contributed by atoms with van der Waals surface area (Å²) < 4.78 is 6.15. The van der Waals surface area contributed by atoms with Crippen molar-refractivity contribution in [2.45, 2.75) is 24.9 Å². The van der Waals surface area contributed by atoms with Gasteiger partial charge in [-0.05, 0) is 25.0 Å². The number of hydrogen-bond donors (Lipinski definition) is 2. The smallest absolute Gasteiger partial charge is 0.298 e. The summed E-state index contributed by atoms with van der Waals surface area (Å²) in [6.07, 6.45) is 2.40. The number of fused-ring (bicyclic) bond motifs is 3. The minimum Gasteiger partial charge on any atom is -0.423 e. The molecule has 1 aromatic heterocycles. The van der Waals surface area contributed by atoms with E-state index in [-0.39, 0.29) is 0 Å². The van der Waals surface area contributed by atoms with Crippen LogP contribution < -0.4 is 16.0 Å². The number of carbonyl (C=O) groups excluding carboxylic acids is 1. The van der Waals surface area contributed by atoms with Crippen LogP contribution in [0.1, 0.15) is 28.8 Å². The van der Waals surface area contributed by atoms with Gasteiger partial charge in [0, 0.05) is 43.0 Å². The standard InChI is InChI=1S/C17H19N5O2S/c18-15(23)9-5-12(16-19-3-4-25-16)14-13(6-9)21-17(24-14)22-7-10-1-2-11(8-22)20-10/h5-6,10-11,20H,1-4,7-8H2,(H2,18,23). The predicted octanol–water partition coefficient (Wildman–Crippen LogP) is 1.36. The van der Waals surface area contributed by atoms with Gasteiger partial charge in [0.25, 0.3) is 6.01 Å². The number of aromatic nitrogens is 1. The maximum absolute atomic E-state index is 11.7. The summed E-state index contributed by atoms with van der Waals surface area (Å²) in [5, 5.41) is 4.51. The summed E-state index contributed by atoms with van der Waals surface area (Å²) in [5.41, 5.74) is 8.13. The molecule has 3 aliphatic rings. The van der Waals surface area contributed by atoms with E-state index in [1.807, 2.05) is 0 Å². The van der Waals surface area contributed by atoms with Crippen LogP contribution in [0.15, 0.2) is 21.5 Å². The van der Waals surface area contributed by atoms with Crippen LogP contribution in [0.2, 0.25) is 0 Å². The van der Waals surface area contributed by atoms with Crippen LogP contribution in [-0.2, 0) is 0 Å². The maximum atomic E-state index is 11.7. The fraction of sp³-hybridized carbons (Fsp3) is 0.471. The van der Waals surface area contributed by atoms with Crippen molar-refractivity contribution in [1.29, 1.82) is 0 Å². The molecule has 3 N–H and O–H groups in total. The lowest BCUT2D eigenvalue weighted by molar-refractivity contribution is 0.100. The number of nitrogens with zero attached hydrogens (tertiary/aromatic N) is 3. The lowest BCUT2D eigenvalue weighted by Gasteiger charge is -2.31. The fourth-order valence-corrected chi connectivity index (χ4v) is 4.77. The molecular weight excluding hydrogens is 338 g/mol. The Morgan fingerprint density at radius 2 is 2.12 bits per heavy atom. The van der Waals surface area contributed by atoms with Crippen molar-refractivity contribution in [3.8, 4) is 0 Å². The van der Waals surface area contributed by atoms with Gasteiger partial charge in [0.1, 0.15) is 10.6 Å². The molecule has 4 heterocycles. The van der Waals surface area contributed by atoms with Crippen molar-refractivity contribution in [3.63, 3.8) is 0 Å². The first kappa shape index (κ1) is 15.2. The number of nitrogens with one attached hydrogen (secondary N) is 1. The quantitative estimate of drug-likeness (QED) is 0.861. The summed E-state index contributed by atoms with van der Waals surface area (Å²) in [6, 6.07) is 5.12. The molecule has 2 fully saturated rings. The minimum absolute atomic E-state index is 0.443. The number of benzene rings is 1. The van der Waals surface area contributed by atoms with E-state index in [1.54, 1.807) is 23.9 Å². The summed E-state index contributed by atoms with van der Waals surface area (Å²) in [5.74, 6) is 0.483. The molecule has 5 rings (SSSR count). The largest absolute Gasteiger partial charge is 0.423 e. The van der Waals surface area contributed by atoms with Crippen molar-refractivity contribution in [2.75, 3.05) is 30.3 Å². The predicted molar refractivity (Wildman–Crippen MR) is 98.5 cm³/mol. The van der Waals surface area contributed by atoms with Crippen molar-refractivity contribution in [2.24, 2.45) is 10.7 Å². The fourth-order valence-electron chi connectivity index (χ4n) is 3.91. The zero-order valence-electron chi connectivity index (χ0n) is 13.7. The average Bonchev–Trinajstić information content (AvgIpc) is 3.33. The van der Waals surface area contributed by atoms with Crippen LogP contribution in [0.25, 0.3) is 11.1 Å². The first-order chi connectivity index (χ1) is 12.2. The molecule has 7 nitrogen and oxygen atoms in total. The van der Waals surface area contributed by atoms with E-state index in [1.165, 1.54) is 12.8 Å². The lowest BCUT2D eigenvalue weighted by Crippen LogP contribution is -2.51. The molecule has 25 heavy (non-hydrogen) atoms. The topological polar surface area (TPSA) is 96.8 Å². The molecule has 1 amide bonds. The van der Waals surface area contributed by atoms with Gasteiger partial charge < -0.3 is 20.4 Å². The van der Waals surface area contributed by atoms with Gasteiger partial charge in [-0.25, -0.2) is 0 Å². The molecular formula is C17H19N5O2S. The second kappa shape index (κ2) is 5.74. The summed E-state index contributed by atoms with van der Waals surface area (Å²) in [6.45, 7) is 2.58. The Morgan fingerprint density at radius 1 is 1.32 bits per heavy atom. The summed E-state index contributed by atoms with van der Waals surface area (Å²) in [7, 11) is 0. The van der Waals surface area contributed by atoms with Crippen LogP contribution in [0.4, 0.5) is 6.01 Å². The number of piperazine rings is 1. The molecule has 2 atom stereocenters. The molecule has 2 saturated heterocycles. The second-order valence-corrected chi connectivity index (χ2v) is 7.89. The number of carbonyl (C=O) groups is 1. The molecule has 0 spiro atoms. The van der Waals surface area contributed by atoms with Crippen molar-refractivity contribution in [3.05, 3.63) is 23.3 Å². The number of amides is 1. The molecule has 130 valence electrons. The van der Waals surface area contributed by atoms with Crippen molar-refractivity contribution < 1.29 is 9.21 Å². The van der Waals surface area contributed by atoms with Crippen LogP contribution in [0.5, 0.6) is 0 Å². The Kier molecular flexibility index (Phi) is 3.49. The third-order valence-corrected chi connectivity index (χ3v) is 6.08. The number of rotatable bonds is 3. The second-order valence-electron chi connectivity index (χ2n) is 6.81. The highest BCUT2D eigenvalue weighted by Crippen LogP contribution is 2.32. The van der Waals surface area contributed by atoms with Crippen molar-refractivity contribution >= 4 is 39.8 Å². The third-order valence-electron chi connectivity index (χ3n) is 5.07. The highest BCUT2D eigenvalue weighted by atomic mass is 32.2. The summed E-state index contributed by atoms with van der Waals surface area (Å²) in [4.78, 5) is 23.1. The van der Waals surface area contributed by atoms with Gasteiger partial charge in [-0.15, -0.1) is 11.8 Å². The van der Waals surface area contributed by atoms with Crippen LogP contribution in [0.3, 0.4) is 0 Å². The van der Waals surface area contributed by atoms with E-state index in [9.17, 15) is 4.79 Å². The zero-order chi connectivity index (χ0) is 17.0. The van der Waals surface area contributed by atoms with E-state index < -0.39 is 5.91 Å². The van der Waals surface area contributed by atoms with E-state index >= 15 is 0 Å². The molecule has 0 aliphatic carbocycles. The number of aliphatic imine (C=N–C) groups is 1. The Balaban J connectivity index is 1.60. The van der Waals surface area contributed by atoms with Gasteiger partial charge in [-0.1, -0.05) is 0 Å². The van der Waals surface area contributed by atoms with Gasteiger partial charge in [-0.2, -0.15) is 4.98 Å². The van der Waals surface area contributed by atoms with Gasteiger partial charge in [0.15, 0.2) is 5.58 Å².